The van der Waals surface area contributed by atoms with Gasteiger partial charge in [0.1, 0.15) is 11.4 Å². The van der Waals surface area contributed by atoms with Crippen LogP contribution in [0.3, 0.4) is 0 Å². The lowest BCUT2D eigenvalue weighted by atomic mass is 10.0. The van der Waals surface area contributed by atoms with E-state index in [2.05, 4.69) is 10.1 Å². The molecule has 0 bridgehead atoms. The summed E-state index contributed by atoms with van der Waals surface area (Å²) in [5.41, 5.74) is -0.468. The van der Waals surface area contributed by atoms with Crippen LogP contribution in [-0.2, 0) is 9.47 Å². The number of carbonyl (C=O) groups excluding carboxylic acids is 2. The number of halogens is 3. The van der Waals surface area contributed by atoms with Crippen molar-refractivity contribution in [3.05, 3.63) is 29.8 Å². The molecule has 0 saturated carbocycles. The standard InChI is InChI=1S/C20H27F3N2O5/c1-5-28-12-14-10-25(18(27)30-19(2,3)4)11-16(14)24-17(26)13-6-8-15(9-7-13)29-20(21,22)23/h6-9,14,16H,5,10-12H2,1-4H3,(H,24,26)/t14-,16+/m1/s1. The molecule has 1 aromatic rings. The number of carbonyl (C=O) groups is 2. The quantitative estimate of drug-likeness (QED) is 0.744. The van der Waals surface area contributed by atoms with E-state index in [1.165, 1.54) is 17.0 Å². The van der Waals surface area contributed by atoms with Crippen LogP contribution in [0.15, 0.2) is 24.3 Å². The van der Waals surface area contributed by atoms with Gasteiger partial charge in [-0.3, -0.25) is 4.79 Å². The largest absolute Gasteiger partial charge is 0.573 e. The van der Waals surface area contributed by atoms with Crippen molar-refractivity contribution < 1.29 is 37.0 Å². The first-order valence-electron chi connectivity index (χ1n) is 9.60. The van der Waals surface area contributed by atoms with Crippen molar-refractivity contribution in [1.29, 1.82) is 0 Å². The second kappa shape index (κ2) is 9.55. The molecule has 0 aliphatic carbocycles. The summed E-state index contributed by atoms with van der Waals surface area (Å²) in [7, 11) is 0. The Morgan fingerprint density at radius 2 is 1.77 bits per heavy atom. The lowest BCUT2D eigenvalue weighted by molar-refractivity contribution is -0.274. The summed E-state index contributed by atoms with van der Waals surface area (Å²) in [6.07, 6.45) is -5.28. The van der Waals surface area contributed by atoms with Gasteiger partial charge in [-0.1, -0.05) is 0 Å². The molecule has 0 unspecified atom stereocenters. The SMILES string of the molecule is CCOC[C@H]1CN(C(=O)OC(C)(C)C)C[C@@H]1NC(=O)c1ccc(OC(F)(F)F)cc1. The topological polar surface area (TPSA) is 77.1 Å². The van der Waals surface area contributed by atoms with Gasteiger partial charge in [-0.2, -0.15) is 0 Å². The maximum atomic E-state index is 12.6. The van der Waals surface area contributed by atoms with E-state index in [0.717, 1.165) is 12.1 Å². The molecule has 1 aliphatic rings. The lowest BCUT2D eigenvalue weighted by Crippen LogP contribution is -2.42. The molecule has 1 aromatic carbocycles. The number of ether oxygens (including phenoxy) is 3. The highest BCUT2D eigenvalue weighted by atomic mass is 19.4. The van der Waals surface area contributed by atoms with Gasteiger partial charge in [-0.25, -0.2) is 4.79 Å². The Morgan fingerprint density at radius 3 is 2.30 bits per heavy atom. The average Bonchev–Trinajstić information content (AvgIpc) is 3.00. The molecule has 1 N–H and O–H groups in total. The Bertz CT molecular complexity index is 731. The van der Waals surface area contributed by atoms with Gasteiger partial charge in [-0.15, -0.1) is 13.2 Å². The number of nitrogens with one attached hydrogen (secondary N) is 1. The fourth-order valence-corrected chi connectivity index (χ4v) is 3.01. The minimum atomic E-state index is -4.80. The number of benzene rings is 1. The average molecular weight is 432 g/mol. The van der Waals surface area contributed by atoms with Gasteiger partial charge in [0.25, 0.3) is 5.91 Å². The highest BCUT2D eigenvalue weighted by molar-refractivity contribution is 5.94. The molecule has 30 heavy (non-hydrogen) atoms. The third-order valence-electron chi connectivity index (χ3n) is 4.30. The maximum Gasteiger partial charge on any atom is 0.573 e. The third kappa shape index (κ3) is 7.40. The molecule has 1 saturated heterocycles. The van der Waals surface area contributed by atoms with E-state index in [4.69, 9.17) is 9.47 Å². The van der Waals surface area contributed by atoms with Crippen LogP contribution in [0.1, 0.15) is 38.1 Å². The minimum absolute atomic E-state index is 0.144. The van der Waals surface area contributed by atoms with E-state index >= 15 is 0 Å². The van der Waals surface area contributed by atoms with Crippen LogP contribution in [0.25, 0.3) is 0 Å². The van der Waals surface area contributed by atoms with E-state index in [1.807, 2.05) is 6.92 Å². The summed E-state index contributed by atoms with van der Waals surface area (Å²) in [5, 5.41) is 2.84. The van der Waals surface area contributed by atoms with Crippen LogP contribution in [0, 0.1) is 5.92 Å². The van der Waals surface area contributed by atoms with Gasteiger partial charge in [0.2, 0.25) is 0 Å². The molecule has 2 amide bonds. The summed E-state index contributed by atoms with van der Waals surface area (Å²) in [6.45, 7) is 8.59. The van der Waals surface area contributed by atoms with Crippen molar-refractivity contribution in [2.24, 2.45) is 5.92 Å². The van der Waals surface area contributed by atoms with Crippen molar-refractivity contribution >= 4 is 12.0 Å². The lowest BCUT2D eigenvalue weighted by Gasteiger charge is -2.24. The highest BCUT2D eigenvalue weighted by Gasteiger charge is 2.38. The van der Waals surface area contributed by atoms with Gasteiger partial charge in [0.15, 0.2) is 0 Å². The number of likely N-dealkylation sites (tertiary alicyclic amines) is 1. The fraction of sp³-hybridized carbons (Fsp3) is 0.600. The number of amides is 2. The first kappa shape index (κ1) is 23.8. The van der Waals surface area contributed by atoms with Crippen LogP contribution < -0.4 is 10.1 Å². The van der Waals surface area contributed by atoms with Gasteiger partial charge >= 0.3 is 12.5 Å². The molecule has 1 aliphatic heterocycles. The molecule has 0 aromatic heterocycles. The van der Waals surface area contributed by atoms with Crippen molar-refractivity contribution in [3.63, 3.8) is 0 Å². The van der Waals surface area contributed by atoms with Gasteiger partial charge in [0.05, 0.1) is 12.6 Å². The van der Waals surface area contributed by atoms with Crippen molar-refractivity contribution in [3.8, 4) is 5.75 Å². The number of alkyl halides is 3. The molecular weight excluding hydrogens is 405 g/mol. The molecule has 7 nitrogen and oxygen atoms in total. The zero-order valence-corrected chi connectivity index (χ0v) is 17.4. The van der Waals surface area contributed by atoms with Crippen LogP contribution >= 0.6 is 0 Å². The van der Waals surface area contributed by atoms with E-state index < -0.39 is 29.7 Å². The Balaban J connectivity index is 2.04. The molecular formula is C20H27F3N2O5. The number of rotatable bonds is 6. The fourth-order valence-electron chi connectivity index (χ4n) is 3.01. The third-order valence-corrected chi connectivity index (χ3v) is 4.30. The Kier molecular flexibility index (Phi) is 7.57. The van der Waals surface area contributed by atoms with Crippen LogP contribution in [0.5, 0.6) is 5.75 Å². The molecule has 2 rings (SSSR count). The Hall–Kier alpha value is -2.49. The van der Waals surface area contributed by atoms with Crippen molar-refractivity contribution in [2.45, 2.75) is 45.7 Å². The maximum absolute atomic E-state index is 12.6. The Morgan fingerprint density at radius 1 is 1.13 bits per heavy atom. The van der Waals surface area contributed by atoms with E-state index in [1.54, 1.807) is 20.8 Å². The zero-order valence-electron chi connectivity index (χ0n) is 17.4. The van der Waals surface area contributed by atoms with E-state index in [0.29, 0.717) is 19.8 Å². The molecule has 0 radical (unpaired) electrons. The summed E-state index contributed by atoms with van der Waals surface area (Å²) < 4.78 is 51.5. The summed E-state index contributed by atoms with van der Waals surface area (Å²) in [5.74, 6) is -1.02. The second-order valence-electron chi connectivity index (χ2n) is 7.96. The molecule has 2 atom stereocenters. The molecule has 168 valence electrons. The molecule has 10 heteroatoms. The van der Waals surface area contributed by atoms with Crippen molar-refractivity contribution in [1.82, 2.24) is 10.2 Å². The normalized spacial score (nSPS) is 19.5. The minimum Gasteiger partial charge on any atom is -0.444 e. The van der Waals surface area contributed by atoms with Crippen LogP contribution in [0.4, 0.5) is 18.0 Å². The smallest absolute Gasteiger partial charge is 0.444 e. The first-order valence-corrected chi connectivity index (χ1v) is 9.60. The predicted octanol–water partition coefficient (Wildman–Crippen LogP) is 3.59. The van der Waals surface area contributed by atoms with Gasteiger partial charge < -0.3 is 24.4 Å². The van der Waals surface area contributed by atoms with E-state index in [-0.39, 0.29) is 24.1 Å². The number of hydrogen-bond donors (Lipinski definition) is 1. The Labute approximate surface area is 173 Å². The first-order chi connectivity index (χ1) is 13.9. The summed E-state index contributed by atoms with van der Waals surface area (Å²) in [6, 6.07) is 4.25. The van der Waals surface area contributed by atoms with Crippen LogP contribution in [-0.4, -0.2) is 61.2 Å². The van der Waals surface area contributed by atoms with E-state index in [9.17, 15) is 22.8 Å². The summed E-state index contributed by atoms with van der Waals surface area (Å²) >= 11 is 0. The van der Waals surface area contributed by atoms with Gasteiger partial charge in [-0.05, 0) is 52.0 Å². The zero-order chi connectivity index (χ0) is 22.5. The van der Waals surface area contributed by atoms with Crippen molar-refractivity contribution in [2.75, 3.05) is 26.3 Å². The molecule has 1 heterocycles. The predicted molar refractivity (Wildman–Crippen MR) is 102 cm³/mol. The second-order valence-corrected chi connectivity index (χ2v) is 7.96. The molecule has 0 spiro atoms. The number of nitrogens with zero attached hydrogens (tertiary/aromatic N) is 1. The number of hydrogen-bond acceptors (Lipinski definition) is 5. The monoisotopic (exact) mass is 432 g/mol. The van der Waals surface area contributed by atoms with Gasteiger partial charge in [0, 0.05) is 31.2 Å². The highest BCUT2D eigenvalue weighted by Crippen LogP contribution is 2.24. The molecule has 1 fully saturated rings. The summed E-state index contributed by atoms with van der Waals surface area (Å²) in [4.78, 5) is 26.5. The van der Waals surface area contributed by atoms with Crippen LogP contribution in [0.2, 0.25) is 0 Å².